The summed E-state index contributed by atoms with van der Waals surface area (Å²) in [5.41, 5.74) is 1.92. The quantitative estimate of drug-likeness (QED) is 0.681. The van der Waals surface area contributed by atoms with Gasteiger partial charge in [0.2, 0.25) is 0 Å². The molecule has 2 rings (SSSR count). The maximum Gasteiger partial charge on any atom is 0.121 e. The van der Waals surface area contributed by atoms with E-state index in [1.54, 1.807) is 12.1 Å². The predicted molar refractivity (Wildman–Crippen MR) is 81.1 cm³/mol. The summed E-state index contributed by atoms with van der Waals surface area (Å²) in [7, 11) is 0. The molecular formula is C17H15ClO2. The Morgan fingerprint density at radius 2 is 1.90 bits per heavy atom. The van der Waals surface area contributed by atoms with Crippen molar-refractivity contribution in [1.29, 1.82) is 0 Å². The highest BCUT2D eigenvalue weighted by Crippen LogP contribution is 2.16. The first-order valence-electron chi connectivity index (χ1n) is 6.33. The summed E-state index contributed by atoms with van der Waals surface area (Å²) in [5, 5.41) is 9.22. The molecule has 2 aromatic rings. The van der Waals surface area contributed by atoms with Crippen molar-refractivity contribution in [2.75, 3.05) is 5.88 Å². The third-order valence-corrected chi connectivity index (χ3v) is 2.82. The van der Waals surface area contributed by atoms with Gasteiger partial charge in [0.25, 0.3) is 0 Å². The van der Waals surface area contributed by atoms with Crippen LogP contribution in [0.5, 0.6) is 11.5 Å². The van der Waals surface area contributed by atoms with Crippen molar-refractivity contribution in [3.8, 4) is 23.3 Å². The summed E-state index contributed by atoms with van der Waals surface area (Å²) in [6.45, 7) is 0.457. The lowest BCUT2D eigenvalue weighted by Gasteiger charge is -2.06. The number of rotatable bonds is 4. The Bertz CT molecular complexity index is 609. The highest BCUT2D eigenvalue weighted by Gasteiger charge is 1.97. The van der Waals surface area contributed by atoms with E-state index in [1.165, 1.54) is 0 Å². The molecule has 0 atom stereocenters. The first-order valence-corrected chi connectivity index (χ1v) is 6.87. The molecule has 0 unspecified atom stereocenters. The average Bonchev–Trinajstić information content (AvgIpc) is 2.47. The molecule has 0 saturated heterocycles. The van der Waals surface area contributed by atoms with Crippen LogP contribution in [0.25, 0.3) is 0 Å². The fourth-order valence-corrected chi connectivity index (χ4v) is 1.73. The molecule has 0 spiro atoms. The third-order valence-electron chi connectivity index (χ3n) is 2.63. The lowest BCUT2D eigenvalue weighted by atomic mass is 10.2. The molecule has 3 heteroatoms. The van der Waals surface area contributed by atoms with Gasteiger partial charge in [-0.3, -0.25) is 0 Å². The molecule has 0 amide bonds. The van der Waals surface area contributed by atoms with Crippen LogP contribution in [0, 0.1) is 11.8 Å². The van der Waals surface area contributed by atoms with Crippen LogP contribution in [0.15, 0.2) is 48.5 Å². The summed E-state index contributed by atoms with van der Waals surface area (Å²) in [4.78, 5) is 0. The van der Waals surface area contributed by atoms with Crippen molar-refractivity contribution >= 4 is 11.6 Å². The number of hydrogen-bond acceptors (Lipinski definition) is 2. The molecule has 2 aromatic carbocycles. The maximum atomic E-state index is 9.22. The van der Waals surface area contributed by atoms with Gasteiger partial charge in [0.15, 0.2) is 0 Å². The normalized spacial score (nSPS) is 9.65. The number of aromatic hydroxyl groups is 1. The number of hydrogen-bond donors (Lipinski definition) is 1. The lowest BCUT2D eigenvalue weighted by molar-refractivity contribution is 0.306. The average molecular weight is 287 g/mol. The molecule has 0 bridgehead atoms. The number of halogens is 1. The number of ether oxygens (including phenoxy) is 1. The van der Waals surface area contributed by atoms with Crippen LogP contribution >= 0.6 is 11.6 Å². The highest BCUT2D eigenvalue weighted by atomic mass is 35.5. The van der Waals surface area contributed by atoms with E-state index in [-0.39, 0.29) is 5.75 Å². The summed E-state index contributed by atoms with van der Waals surface area (Å²) in [6, 6.07) is 14.6. The van der Waals surface area contributed by atoms with E-state index >= 15 is 0 Å². The molecule has 0 aliphatic rings. The summed E-state index contributed by atoms with van der Waals surface area (Å²) in [6.07, 6.45) is 0.681. The lowest BCUT2D eigenvalue weighted by Crippen LogP contribution is -1.95. The van der Waals surface area contributed by atoms with Crippen LogP contribution in [-0.4, -0.2) is 11.0 Å². The van der Waals surface area contributed by atoms with E-state index < -0.39 is 0 Å². The topological polar surface area (TPSA) is 29.5 Å². The van der Waals surface area contributed by atoms with Crippen molar-refractivity contribution in [3.63, 3.8) is 0 Å². The number of benzene rings is 2. The SMILES string of the molecule is Oc1ccc(COc2cccc(C#CCCCl)c2)cc1. The van der Waals surface area contributed by atoms with Gasteiger partial charge < -0.3 is 9.84 Å². The van der Waals surface area contributed by atoms with E-state index in [2.05, 4.69) is 11.8 Å². The molecular weight excluding hydrogens is 272 g/mol. The van der Waals surface area contributed by atoms with Crippen molar-refractivity contribution in [1.82, 2.24) is 0 Å². The minimum Gasteiger partial charge on any atom is -0.508 e. The maximum absolute atomic E-state index is 9.22. The Labute approximate surface area is 124 Å². The Kier molecular flexibility index (Phi) is 5.34. The first kappa shape index (κ1) is 14.3. The molecule has 0 saturated carbocycles. The van der Waals surface area contributed by atoms with Gasteiger partial charge in [-0.25, -0.2) is 0 Å². The molecule has 0 fully saturated rings. The molecule has 0 aliphatic heterocycles. The van der Waals surface area contributed by atoms with Crippen molar-refractivity contribution in [2.45, 2.75) is 13.0 Å². The van der Waals surface area contributed by atoms with Gasteiger partial charge in [-0.15, -0.1) is 11.6 Å². The minimum absolute atomic E-state index is 0.255. The Morgan fingerprint density at radius 1 is 1.10 bits per heavy atom. The fraction of sp³-hybridized carbons (Fsp3) is 0.176. The Morgan fingerprint density at radius 3 is 2.65 bits per heavy atom. The molecule has 102 valence electrons. The predicted octanol–water partition coefficient (Wildman–Crippen LogP) is 3.95. The van der Waals surface area contributed by atoms with Gasteiger partial charge in [-0.05, 0) is 35.9 Å². The largest absolute Gasteiger partial charge is 0.508 e. The second-order valence-corrected chi connectivity index (χ2v) is 4.60. The van der Waals surface area contributed by atoms with E-state index in [9.17, 15) is 5.11 Å². The monoisotopic (exact) mass is 286 g/mol. The molecule has 0 heterocycles. The van der Waals surface area contributed by atoms with Crippen LogP contribution in [0.3, 0.4) is 0 Å². The number of phenolic OH excluding ortho intramolecular Hbond substituents is 1. The standard InChI is InChI=1S/C17H15ClO2/c18-11-2-1-4-14-5-3-6-17(12-14)20-13-15-7-9-16(19)10-8-15/h3,5-10,12,19H,2,11,13H2. The van der Waals surface area contributed by atoms with E-state index in [0.29, 0.717) is 18.9 Å². The van der Waals surface area contributed by atoms with Gasteiger partial charge in [0.1, 0.15) is 18.1 Å². The molecule has 0 aliphatic carbocycles. The smallest absolute Gasteiger partial charge is 0.121 e. The molecule has 2 nitrogen and oxygen atoms in total. The summed E-state index contributed by atoms with van der Waals surface area (Å²) < 4.78 is 5.70. The van der Waals surface area contributed by atoms with E-state index in [1.807, 2.05) is 36.4 Å². The van der Waals surface area contributed by atoms with E-state index in [0.717, 1.165) is 16.9 Å². The van der Waals surface area contributed by atoms with Crippen LogP contribution in [0.2, 0.25) is 0 Å². The Balaban J connectivity index is 1.98. The zero-order valence-corrected chi connectivity index (χ0v) is 11.7. The van der Waals surface area contributed by atoms with Crippen molar-refractivity contribution < 1.29 is 9.84 Å². The molecule has 0 aromatic heterocycles. The van der Waals surface area contributed by atoms with Gasteiger partial charge in [-0.1, -0.05) is 30.0 Å². The third kappa shape index (κ3) is 4.53. The summed E-state index contributed by atoms with van der Waals surface area (Å²) >= 11 is 5.58. The zero-order chi connectivity index (χ0) is 14.2. The fourth-order valence-electron chi connectivity index (χ4n) is 1.63. The first-order chi connectivity index (χ1) is 9.78. The second kappa shape index (κ2) is 7.47. The second-order valence-electron chi connectivity index (χ2n) is 4.22. The highest BCUT2D eigenvalue weighted by molar-refractivity contribution is 6.18. The van der Waals surface area contributed by atoms with Gasteiger partial charge in [-0.2, -0.15) is 0 Å². The van der Waals surface area contributed by atoms with Gasteiger partial charge in [0.05, 0.1) is 0 Å². The molecule has 20 heavy (non-hydrogen) atoms. The van der Waals surface area contributed by atoms with Crippen molar-refractivity contribution in [2.24, 2.45) is 0 Å². The van der Waals surface area contributed by atoms with Gasteiger partial charge in [0, 0.05) is 17.9 Å². The number of phenols is 1. The van der Waals surface area contributed by atoms with Gasteiger partial charge >= 0.3 is 0 Å². The van der Waals surface area contributed by atoms with Crippen LogP contribution in [-0.2, 0) is 6.61 Å². The minimum atomic E-state index is 0.255. The van der Waals surface area contributed by atoms with Crippen LogP contribution in [0.1, 0.15) is 17.5 Å². The zero-order valence-electron chi connectivity index (χ0n) is 11.0. The molecule has 0 radical (unpaired) electrons. The van der Waals surface area contributed by atoms with Crippen molar-refractivity contribution in [3.05, 3.63) is 59.7 Å². The Hall–Kier alpha value is -2.11. The van der Waals surface area contributed by atoms with Crippen LogP contribution < -0.4 is 4.74 Å². The van der Waals surface area contributed by atoms with E-state index in [4.69, 9.17) is 16.3 Å². The molecule has 1 N–H and O–H groups in total. The summed E-state index contributed by atoms with van der Waals surface area (Å²) in [5.74, 6) is 7.61. The van der Waals surface area contributed by atoms with Crippen LogP contribution in [0.4, 0.5) is 0 Å². The number of alkyl halides is 1.